The second-order valence-electron chi connectivity index (χ2n) is 7.94. The van der Waals surface area contributed by atoms with Crippen molar-refractivity contribution in [3.63, 3.8) is 0 Å². The maximum absolute atomic E-state index is 12.9. The number of ether oxygens (including phenoxy) is 1. The monoisotopic (exact) mass is 564 g/mol. The maximum atomic E-state index is 12.9. The van der Waals surface area contributed by atoms with Crippen LogP contribution in [0.25, 0.3) is 0 Å². The zero-order valence-electron chi connectivity index (χ0n) is 18.4. The van der Waals surface area contributed by atoms with E-state index in [1.165, 1.54) is 5.56 Å². The van der Waals surface area contributed by atoms with Crippen molar-refractivity contribution < 1.29 is 13.9 Å². The molecule has 0 radical (unpaired) electrons. The Morgan fingerprint density at radius 2 is 1.62 bits per heavy atom. The Hall–Kier alpha value is -1.61. The van der Waals surface area contributed by atoms with Gasteiger partial charge in [-0.05, 0) is 19.1 Å². The fraction of sp³-hybridized carbons (Fsp3) is 0.364. The summed E-state index contributed by atoms with van der Waals surface area (Å²) < 4.78 is 13.2. The van der Waals surface area contributed by atoms with E-state index in [-0.39, 0.29) is 49.1 Å². The van der Waals surface area contributed by atoms with Crippen molar-refractivity contribution in [1.29, 1.82) is 0 Å². The molecule has 3 aromatic rings. The summed E-state index contributed by atoms with van der Waals surface area (Å²) >= 11 is 30.5. The summed E-state index contributed by atoms with van der Waals surface area (Å²) in [5.41, 5.74) is 2.22. The number of aromatic nitrogens is 2. The van der Waals surface area contributed by atoms with Gasteiger partial charge in [-0.2, -0.15) is 5.10 Å². The highest BCUT2D eigenvalue weighted by Gasteiger charge is 2.25. The molecule has 0 spiro atoms. The van der Waals surface area contributed by atoms with Crippen LogP contribution in [0.4, 0.5) is 0 Å². The molecule has 0 unspecified atom stereocenters. The van der Waals surface area contributed by atoms with Gasteiger partial charge in [0.05, 0.1) is 20.8 Å². The predicted octanol–water partition coefficient (Wildman–Crippen LogP) is 6.13. The largest absolute Gasteiger partial charge is 0.482 e. The number of piperazine rings is 1. The Morgan fingerprint density at radius 1 is 1.00 bits per heavy atom. The molecule has 34 heavy (non-hydrogen) atoms. The van der Waals surface area contributed by atoms with Gasteiger partial charge in [-0.15, -0.1) is 0 Å². The summed E-state index contributed by atoms with van der Waals surface area (Å²) in [7, 11) is 1.92. The molecule has 1 amide bonds. The second kappa shape index (κ2) is 10.6. The lowest BCUT2D eigenvalue weighted by Crippen LogP contribution is -2.48. The van der Waals surface area contributed by atoms with E-state index in [4.69, 9.17) is 67.2 Å². The molecule has 182 valence electrons. The van der Waals surface area contributed by atoms with Crippen molar-refractivity contribution in [1.82, 2.24) is 19.6 Å². The van der Waals surface area contributed by atoms with Crippen LogP contribution in [0.5, 0.6) is 5.75 Å². The van der Waals surface area contributed by atoms with Crippen LogP contribution in [0.1, 0.15) is 27.6 Å². The highest BCUT2D eigenvalue weighted by molar-refractivity contribution is 6.55. The third kappa shape index (κ3) is 5.30. The average Bonchev–Trinajstić information content (AvgIpc) is 3.42. The Kier molecular flexibility index (Phi) is 7.92. The van der Waals surface area contributed by atoms with Crippen molar-refractivity contribution in [2.75, 3.05) is 26.2 Å². The first-order valence-electron chi connectivity index (χ1n) is 10.4. The summed E-state index contributed by atoms with van der Waals surface area (Å²) in [6.45, 7) is 5.55. The number of rotatable bonds is 6. The van der Waals surface area contributed by atoms with Crippen LogP contribution in [0, 0.1) is 6.92 Å². The lowest BCUT2D eigenvalue weighted by atomic mass is 10.2. The summed E-state index contributed by atoms with van der Waals surface area (Å²) in [6.07, 6.45) is 2.03. The van der Waals surface area contributed by atoms with Gasteiger partial charge in [0.1, 0.15) is 22.4 Å². The minimum absolute atomic E-state index is 0.0285. The minimum atomic E-state index is -0.169. The first-order valence-corrected chi connectivity index (χ1v) is 12.3. The topological polar surface area (TPSA) is 63.7 Å². The van der Waals surface area contributed by atoms with Crippen LogP contribution in [0.15, 0.2) is 22.7 Å². The van der Waals surface area contributed by atoms with Crippen LogP contribution in [0.2, 0.25) is 25.1 Å². The van der Waals surface area contributed by atoms with Crippen molar-refractivity contribution in [2.45, 2.75) is 20.1 Å². The first-order chi connectivity index (χ1) is 16.2. The zero-order valence-corrected chi connectivity index (χ0v) is 22.2. The molecule has 1 aliphatic heterocycles. The molecule has 0 aliphatic carbocycles. The molecule has 3 heterocycles. The van der Waals surface area contributed by atoms with E-state index >= 15 is 0 Å². The number of nitrogens with zero attached hydrogens (tertiary/aromatic N) is 4. The van der Waals surface area contributed by atoms with Crippen LogP contribution in [0.3, 0.4) is 0 Å². The van der Waals surface area contributed by atoms with Gasteiger partial charge in [0, 0.05) is 51.5 Å². The first kappa shape index (κ1) is 25.5. The van der Waals surface area contributed by atoms with Gasteiger partial charge in [-0.1, -0.05) is 58.0 Å². The molecule has 0 bridgehead atoms. The van der Waals surface area contributed by atoms with Crippen molar-refractivity contribution in [3.8, 4) is 5.75 Å². The number of hydrogen-bond donors (Lipinski definition) is 0. The maximum Gasteiger partial charge on any atom is 0.289 e. The van der Waals surface area contributed by atoms with E-state index in [2.05, 4.69) is 10.00 Å². The Labute approximate surface area is 222 Å². The zero-order chi connectivity index (χ0) is 24.6. The molecule has 0 N–H and O–H groups in total. The third-order valence-electron chi connectivity index (χ3n) is 5.57. The number of carbonyl (C=O) groups excluding carboxylic acids is 1. The van der Waals surface area contributed by atoms with E-state index in [0.717, 1.165) is 25.3 Å². The number of carbonyl (C=O) groups is 1. The SMILES string of the molecule is Cc1nn(C)cc1CN1CCN(C(=O)c2ccc(COc3c(Cl)c(Cl)c(Cl)c(Cl)c3Cl)o2)CC1. The molecule has 1 saturated heterocycles. The summed E-state index contributed by atoms with van der Waals surface area (Å²) in [5.74, 6) is 0.576. The fourth-order valence-corrected chi connectivity index (χ4v) is 4.97. The van der Waals surface area contributed by atoms with E-state index in [0.29, 0.717) is 18.8 Å². The smallest absolute Gasteiger partial charge is 0.289 e. The van der Waals surface area contributed by atoms with E-state index in [1.54, 1.807) is 17.0 Å². The minimum Gasteiger partial charge on any atom is -0.482 e. The van der Waals surface area contributed by atoms with Gasteiger partial charge < -0.3 is 14.1 Å². The van der Waals surface area contributed by atoms with Crippen LogP contribution in [-0.4, -0.2) is 51.7 Å². The molecule has 0 atom stereocenters. The molecule has 0 saturated carbocycles. The van der Waals surface area contributed by atoms with E-state index in [1.807, 2.05) is 24.9 Å². The molecule has 12 heteroatoms. The molecule has 1 aliphatic rings. The second-order valence-corrected chi connectivity index (χ2v) is 9.83. The van der Waals surface area contributed by atoms with E-state index < -0.39 is 0 Å². The molecule has 7 nitrogen and oxygen atoms in total. The molecule has 4 rings (SSSR count). The average molecular weight is 567 g/mol. The van der Waals surface area contributed by atoms with Gasteiger partial charge in [0.2, 0.25) is 0 Å². The number of benzene rings is 1. The molecule has 1 fully saturated rings. The highest BCUT2D eigenvalue weighted by atomic mass is 35.5. The number of furan rings is 1. The number of amides is 1. The number of hydrogen-bond acceptors (Lipinski definition) is 5. The van der Waals surface area contributed by atoms with Gasteiger partial charge in [-0.3, -0.25) is 14.4 Å². The van der Waals surface area contributed by atoms with E-state index in [9.17, 15) is 4.79 Å². The standard InChI is InChI=1S/C22H21Cl5N4O3/c1-12-13(9-29(2)28-12)10-30-5-7-31(8-6-30)22(32)15-4-3-14(34-15)11-33-21-19(26)17(24)16(23)18(25)20(21)27/h3-4,9H,5-8,10-11H2,1-2H3. The summed E-state index contributed by atoms with van der Waals surface area (Å²) in [5, 5.41) is 4.61. The Balaban J connectivity index is 1.34. The quantitative estimate of drug-likeness (QED) is 0.266. The molecule has 1 aromatic carbocycles. The van der Waals surface area contributed by atoms with Crippen LogP contribution < -0.4 is 4.74 Å². The van der Waals surface area contributed by atoms with Gasteiger partial charge in [0.15, 0.2) is 11.5 Å². The normalized spacial score (nSPS) is 14.6. The van der Waals surface area contributed by atoms with Gasteiger partial charge in [-0.25, -0.2) is 0 Å². The molecule has 2 aromatic heterocycles. The van der Waals surface area contributed by atoms with Gasteiger partial charge >= 0.3 is 0 Å². The molecular formula is C22H21Cl5N4O3. The lowest BCUT2D eigenvalue weighted by Gasteiger charge is -2.34. The molecular weight excluding hydrogens is 546 g/mol. The Bertz CT molecular complexity index is 1190. The number of aryl methyl sites for hydroxylation is 2. The predicted molar refractivity (Wildman–Crippen MR) is 134 cm³/mol. The van der Waals surface area contributed by atoms with Gasteiger partial charge in [0.25, 0.3) is 5.91 Å². The van der Waals surface area contributed by atoms with Crippen LogP contribution in [-0.2, 0) is 20.2 Å². The number of halogens is 5. The Morgan fingerprint density at radius 3 is 2.21 bits per heavy atom. The summed E-state index contributed by atoms with van der Waals surface area (Å²) in [6, 6.07) is 3.28. The highest BCUT2D eigenvalue weighted by Crippen LogP contribution is 2.48. The van der Waals surface area contributed by atoms with Crippen LogP contribution >= 0.6 is 58.0 Å². The summed E-state index contributed by atoms with van der Waals surface area (Å²) in [4.78, 5) is 17.0. The fourth-order valence-electron chi connectivity index (χ4n) is 3.73. The lowest BCUT2D eigenvalue weighted by molar-refractivity contribution is 0.0594. The third-order valence-corrected chi connectivity index (χ3v) is 7.81. The van der Waals surface area contributed by atoms with Crippen molar-refractivity contribution in [3.05, 3.63) is 66.2 Å². The van der Waals surface area contributed by atoms with Crippen molar-refractivity contribution in [2.24, 2.45) is 7.05 Å². The van der Waals surface area contributed by atoms with Crippen molar-refractivity contribution >= 4 is 63.9 Å².